The molecule has 2 aliphatic heterocycles. The molecule has 2 fully saturated rings. The molecule has 4 heterocycles. The zero-order valence-electron chi connectivity index (χ0n) is 19.2. The van der Waals surface area contributed by atoms with Crippen LogP contribution in [0.2, 0.25) is 0 Å². The molecule has 1 aliphatic carbocycles. The van der Waals surface area contributed by atoms with E-state index in [1.165, 1.54) is 0 Å². The van der Waals surface area contributed by atoms with Gasteiger partial charge in [-0.15, -0.1) is 0 Å². The van der Waals surface area contributed by atoms with Crippen LogP contribution < -0.4 is 4.74 Å². The van der Waals surface area contributed by atoms with Gasteiger partial charge in [-0.25, -0.2) is 0 Å². The van der Waals surface area contributed by atoms with Crippen molar-refractivity contribution in [1.29, 1.82) is 0 Å². The third-order valence-corrected chi connectivity index (χ3v) is 7.86. The first kappa shape index (κ1) is 21.2. The van der Waals surface area contributed by atoms with E-state index >= 15 is 0 Å². The fourth-order valence-electron chi connectivity index (χ4n) is 5.89. The van der Waals surface area contributed by atoms with Crippen molar-refractivity contribution >= 4 is 22.7 Å². The van der Waals surface area contributed by atoms with Crippen molar-refractivity contribution in [2.75, 3.05) is 33.4 Å². The minimum atomic E-state index is -0.504. The van der Waals surface area contributed by atoms with E-state index in [9.17, 15) is 14.7 Å². The molecule has 3 aliphatic rings. The van der Waals surface area contributed by atoms with Gasteiger partial charge in [0.15, 0.2) is 0 Å². The van der Waals surface area contributed by atoms with Crippen LogP contribution in [0.4, 0.5) is 0 Å². The van der Waals surface area contributed by atoms with Crippen molar-refractivity contribution in [2.24, 2.45) is 5.92 Å². The molecule has 8 heteroatoms. The summed E-state index contributed by atoms with van der Waals surface area (Å²) < 4.78 is 5.42. The number of H-pyrrole nitrogens is 1. The molecule has 1 saturated heterocycles. The Morgan fingerprint density at radius 3 is 2.59 bits per heavy atom. The summed E-state index contributed by atoms with van der Waals surface area (Å²) in [5.41, 5.74) is 3.02. The molecular formula is C26H28N4O4. The van der Waals surface area contributed by atoms with Gasteiger partial charge in [-0.3, -0.25) is 14.6 Å². The summed E-state index contributed by atoms with van der Waals surface area (Å²) in [5.74, 6) is 0.968. The molecular weight excluding hydrogens is 432 g/mol. The summed E-state index contributed by atoms with van der Waals surface area (Å²) in [5, 5.41) is 11.5. The van der Waals surface area contributed by atoms with Gasteiger partial charge in [0, 0.05) is 66.2 Å². The summed E-state index contributed by atoms with van der Waals surface area (Å²) in [6, 6.07) is 8.81. The third-order valence-electron chi connectivity index (χ3n) is 7.86. The molecule has 34 heavy (non-hydrogen) atoms. The number of aromatic amines is 1. The molecule has 2 N–H and O–H groups in total. The number of carbonyl (C=O) groups excluding carboxylic acids is 2. The van der Waals surface area contributed by atoms with Gasteiger partial charge in [0.2, 0.25) is 5.91 Å². The highest BCUT2D eigenvalue weighted by molar-refractivity contribution is 5.96. The molecule has 1 aromatic carbocycles. The molecule has 0 radical (unpaired) electrons. The summed E-state index contributed by atoms with van der Waals surface area (Å²) >= 11 is 0. The average Bonchev–Trinajstić information content (AvgIpc) is 3.19. The molecule has 0 unspecified atom stereocenters. The highest BCUT2D eigenvalue weighted by atomic mass is 16.5. The summed E-state index contributed by atoms with van der Waals surface area (Å²) in [6.07, 6.45) is 6.27. The molecule has 176 valence electrons. The topological polar surface area (TPSA) is 98.8 Å². The molecule has 2 amide bonds. The van der Waals surface area contributed by atoms with E-state index in [2.05, 4.69) is 9.97 Å². The number of hydrogen-bond donors (Lipinski definition) is 2. The van der Waals surface area contributed by atoms with E-state index in [-0.39, 0.29) is 29.8 Å². The van der Waals surface area contributed by atoms with Gasteiger partial charge in [-0.1, -0.05) is 6.42 Å². The van der Waals surface area contributed by atoms with Gasteiger partial charge >= 0.3 is 0 Å². The van der Waals surface area contributed by atoms with Gasteiger partial charge in [0.1, 0.15) is 5.75 Å². The van der Waals surface area contributed by atoms with Crippen LogP contribution in [0, 0.1) is 5.92 Å². The molecule has 3 aromatic rings. The van der Waals surface area contributed by atoms with Gasteiger partial charge in [-0.05, 0) is 42.7 Å². The predicted molar refractivity (Wildman–Crippen MR) is 126 cm³/mol. The minimum Gasteiger partial charge on any atom is -0.497 e. The summed E-state index contributed by atoms with van der Waals surface area (Å²) in [6.45, 7) is 1.40. The van der Waals surface area contributed by atoms with E-state index in [0.717, 1.165) is 47.2 Å². The standard InChI is InChI=1S/C26H28N4O4/c1-34-18-5-6-19-20(11-18)28-23-21(12-31)30(25(33)17-7-9-27-10-8-17)15-26(22(19)23)13-29(14-26)24(32)16-3-2-4-16/h5-11,16,21,28,31H,2-4,12-15H2,1H3/t21-/m1/s1. The summed E-state index contributed by atoms with van der Waals surface area (Å²) in [7, 11) is 1.63. The van der Waals surface area contributed by atoms with Gasteiger partial charge in [-0.2, -0.15) is 0 Å². The second-order valence-corrected chi connectivity index (χ2v) is 9.79. The largest absolute Gasteiger partial charge is 0.497 e. The lowest BCUT2D eigenvalue weighted by atomic mass is 9.68. The Morgan fingerprint density at radius 2 is 1.94 bits per heavy atom. The van der Waals surface area contributed by atoms with Crippen LogP contribution in [0.1, 0.15) is 46.9 Å². The molecule has 0 bridgehead atoms. The number of pyridine rings is 1. The average molecular weight is 461 g/mol. The normalized spacial score (nSPS) is 21.2. The number of fused-ring (bicyclic) bond motifs is 4. The Kier molecular flexibility index (Phi) is 4.88. The maximum absolute atomic E-state index is 13.6. The Morgan fingerprint density at radius 1 is 1.18 bits per heavy atom. The van der Waals surface area contributed by atoms with E-state index in [1.807, 2.05) is 23.1 Å². The number of benzene rings is 1. The van der Waals surface area contributed by atoms with Crippen LogP contribution in [-0.4, -0.2) is 70.0 Å². The highest BCUT2D eigenvalue weighted by Gasteiger charge is 2.55. The Balaban J connectivity index is 1.44. The maximum atomic E-state index is 13.6. The molecule has 2 aromatic heterocycles. The third kappa shape index (κ3) is 3.05. The van der Waals surface area contributed by atoms with Crippen molar-refractivity contribution in [3.8, 4) is 5.75 Å². The number of hydrogen-bond acceptors (Lipinski definition) is 5. The van der Waals surface area contributed by atoms with Crippen molar-refractivity contribution in [3.05, 3.63) is 59.5 Å². The molecule has 1 spiro atoms. The zero-order chi connectivity index (χ0) is 23.4. The van der Waals surface area contributed by atoms with Gasteiger partial charge in [0.05, 0.1) is 25.2 Å². The first-order chi connectivity index (χ1) is 16.5. The van der Waals surface area contributed by atoms with Gasteiger partial charge in [0.25, 0.3) is 5.91 Å². The highest BCUT2D eigenvalue weighted by Crippen LogP contribution is 2.49. The van der Waals surface area contributed by atoms with Crippen molar-refractivity contribution < 1.29 is 19.4 Å². The number of methoxy groups -OCH3 is 1. The van der Waals surface area contributed by atoms with E-state index in [1.54, 1.807) is 36.5 Å². The Bertz CT molecular complexity index is 1260. The lowest BCUT2D eigenvalue weighted by Gasteiger charge is -2.57. The number of rotatable bonds is 4. The zero-order valence-corrected chi connectivity index (χ0v) is 19.2. The second-order valence-electron chi connectivity index (χ2n) is 9.79. The number of aliphatic hydroxyl groups excluding tert-OH is 1. The van der Waals surface area contributed by atoms with Gasteiger partial charge < -0.3 is 24.6 Å². The van der Waals surface area contributed by atoms with Crippen LogP contribution in [0.25, 0.3) is 10.9 Å². The molecule has 8 nitrogen and oxygen atoms in total. The van der Waals surface area contributed by atoms with E-state index < -0.39 is 6.04 Å². The van der Waals surface area contributed by atoms with Crippen LogP contribution in [-0.2, 0) is 10.2 Å². The monoisotopic (exact) mass is 460 g/mol. The number of aliphatic hydroxyl groups is 1. The number of ether oxygens (including phenoxy) is 1. The van der Waals surface area contributed by atoms with Crippen molar-refractivity contribution in [1.82, 2.24) is 19.8 Å². The van der Waals surface area contributed by atoms with E-state index in [4.69, 9.17) is 4.74 Å². The lowest BCUT2D eigenvalue weighted by Crippen LogP contribution is -2.69. The first-order valence-electron chi connectivity index (χ1n) is 11.9. The van der Waals surface area contributed by atoms with E-state index in [0.29, 0.717) is 25.2 Å². The fraction of sp³-hybridized carbons (Fsp3) is 0.423. The molecule has 1 atom stereocenters. The number of aromatic nitrogens is 2. The Labute approximate surface area is 197 Å². The number of nitrogens with zero attached hydrogens (tertiary/aromatic N) is 3. The summed E-state index contributed by atoms with van der Waals surface area (Å²) in [4.78, 5) is 37.8. The smallest absolute Gasteiger partial charge is 0.254 e. The van der Waals surface area contributed by atoms with Crippen LogP contribution in [0.5, 0.6) is 5.75 Å². The first-order valence-corrected chi connectivity index (χ1v) is 11.9. The Hall–Kier alpha value is -3.39. The molecule has 1 saturated carbocycles. The number of likely N-dealkylation sites (tertiary alicyclic amines) is 1. The number of carbonyl (C=O) groups is 2. The van der Waals surface area contributed by atoms with Crippen LogP contribution in [0.3, 0.4) is 0 Å². The predicted octanol–water partition coefficient (Wildman–Crippen LogP) is 2.64. The lowest BCUT2D eigenvalue weighted by molar-refractivity contribution is -0.147. The number of nitrogens with one attached hydrogen (secondary N) is 1. The van der Waals surface area contributed by atoms with Crippen LogP contribution in [0.15, 0.2) is 42.7 Å². The second kappa shape index (κ2) is 7.84. The maximum Gasteiger partial charge on any atom is 0.254 e. The SMILES string of the molecule is COc1ccc2c3c([nH]c2c1)[C@@H](CO)N(C(=O)c1ccncc1)CC31CN(C(=O)C2CCC2)C1. The fourth-order valence-corrected chi connectivity index (χ4v) is 5.89. The van der Waals surface area contributed by atoms with Crippen molar-refractivity contribution in [3.63, 3.8) is 0 Å². The quantitative estimate of drug-likeness (QED) is 0.624. The minimum absolute atomic E-state index is 0.146. The molecule has 6 rings (SSSR count). The van der Waals surface area contributed by atoms with Crippen LogP contribution >= 0.6 is 0 Å². The number of amides is 2. The van der Waals surface area contributed by atoms with Crippen molar-refractivity contribution in [2.45, 2.75) is 30.7 Å².